The molecule has 7 heteroatoms. The summed E-state index contributed by atoms with van der Waals surface area (Å²) in [6.45, 7) is 3.73. The van der Waals surface area contributed by atoms with Crippen LogP contribution in [0.25, 0.3) is 5.78 Å². The Balaban J connectivity index is 1.50. The van der Waals surface area contributed by atoms with Gasteiger partial charge >= 0.3 is 5.69 Å². The van der Waals surface area contributed by atoms with Crippen molar-refractivity contribution in [2.45, 2.75) is 25.9 Å². The van der Waals surface area contributed by atoms with Crippen LogP contribution in [0.15, 0.2) is 41.3 Å². The molecule has 1 aromatic carbocycles. The van der Waals surface area contributed by atoms with E-state index >= 15 is 0 Å². The number of benzene rings is 1. The van der Waals surface area contributed by atoms with Gasteiger partial charge in [0.2, 0.25) is 0 Å². The van der Waals surface area contributed by atoms with Gasteiger partial charge in [-0.25, -0.2) is 13.9 Å². The SMILES string of the molecule is Cc1cn2c(=O)n(C)nc2nc1N1CCC(Oc2ccccc2)CC1. The second kappa shape index (κ2) is 6.23. The Kier molecular flexibility index (Phi) is 3.91. The van der Waals surface area contributed by atoms with Crippen molar-refractivity contribution in [3.05, 3.63) is 52.6 Å². The van der Waals surface area contributed by atoms with Gasteiger partial charge in [0.05, 0.1) is 0 Å². The van der Waals surface area contributed by atoms with E-state index in [1.54, 1.807) is 7.05 Å². The van der Waals surface area contributed by atoms with E-state index in [2.05, 4.69) is 15.0 Å². The van der Waals surface area contributed by atoms with E-state index in [0.717, 1.165) is 43.1 Å². The average molecular weight is 339 g/mol. The van der Waals surface area contributed by atoms with Gasteiger partial charge in [-0.3, -0.25) is 0 Å². The van der Waals surface area contributed by atoms with Gasteiger partial charge in [-0.1, -0.05) is 18.2 Å². The molecule has 0 unspecified atom stereocenters. The van der Waals surface area contributed by atoms with E-state index in [1.807, 2.05) is 43.5 Å². The number of aryl methyl sites for hydroxylation is 2. The lowest BCUT2D eigenvalue weighted by molar-refractivity contribution is 0.170. The van der Waals surface area contributed by atoms with Crippen LogP contribution in [0.2, 0.25) is 0 Å². The van der Waals surface area contributed by atoms with Crippen LogP contribution in [0, 0.1) is 6.92 Å². The first-order chi connectivity index (χ1) is 12.1. The smallest absolute Gasteiger partial charge is 0.351 e. The Hall–Kier alpha value is -2.83. The van der Waals surface area contributed by atoms with Crippen LogP contribution in [0.1, 0.15) is 18.4 Å². The number of rotatable bonds is 3. The van der Waals surface area contributed by atoms with Gasteiger partial charge in [0.15, 0.2) is 0 Å². The summed E-state index contributed by atoms with van der Waals surface area (Å²) in [7, 11) is 1.64. The van der Waals surface area contributed by atoms with Gasteiger partial charge in [-0.2, -0.15) is 4.98 Å². The zero-order chi connectivity index (χ0) is 17.4. The number of piperidine rings is 1. The van der Waals surface area contributed by atoms with Crippen LogP contribution < -0.4 is 15.3 Å². The molecular weight excluding hydrogens is 318 g/mol. The molecule has 0 saturated carbocycles. The molecule has 2 aromatic heterocycles. The summed E-state index contributed by atoms with van der Waals surface area (Å²) in [5.74, 6) is 2.26. The minimum absolute atomic E-state index is 0.174. The third kappa shape index (κ3) is 2.97. The Morgan fingerprint density at radius 2 is 1.88 bits per heavy atom. The van der Waals surface area contributed by atoms with Gasteiger partial charge in [-0.15, -0.1) is 5.10 Å². The van der Waals surface area contributed by atoms with Crippen molar-refractivity contribution in [2.75, 3.05) is 18.0 Å². The van der Waals surface area contributed by atoms with Crippen LogP contribution in [-0.4, -0.2) is 38.4 Å². The number of fused-ring (bicyclic) bond motifs is 1. The number of hydrogen-bond acceptors (Lipinski definition) is 5. The molecule has 7 nitrogen and oxygen atoms in total. The van der Waals surface area contributed by atoms with Crippen LogP contribution in [0.3, 0.4) is 0 Å². The summed E-state index contributed by atoms with van der Waals surface area (Å²) in [6, 6.07) is 9.95. The van der Waals surface area contributed by atoms with E-state index < -0.39 is 0 Å². The van der Waals surface area contributed by atoms with Crippen molar-refractivity contribution < 1.29 is 4.74 Å². The molecule has 0 bridgehead atoms. The van der Waals surface area contributed by atoms with Crippen molar-refractivity contribution >= 4 is 11.6 Å². The second-order valence-electron chi connectivity index (χ2n) is 6.44. The number of hydrogen-bond donors (Lipinski definition) is 0. The second-order valence-corrected chi connectivity index (χ2v) is 6.44. The molecule has 3 heterocycles. The fourth-order valence-electron chi connectivity index (χ4n) is 3.29. The molecule has 1 aliphatic heterocycles. The highest BCUT2D eigenvalue weighted by Gasteiger charge is 2.23. The topological polar surface area (TPSA) is 64.7 Å². The highest BCUT2D eigenvalue weighted by atomic mass is 16.5. The van der Waals surface area contributed by atoms with Crippen molar-refractivity contribution in [3.63, 3.8) is 0 Å². The lowest BCUT2D eigenvalue weighted by Crippen LogP contribution is -2.39. The molecule has 0 aliphatic carbocycles. The van der Waals surface area contributed by atoms with Crippen molar-refractivity contribution in [1.82, 2.24) is 19.2 Å². The summed E-state index contributed by atoms with van der Waals surface area (Å²) in [6.07, 6.45) is 3.92. The largest absolute Gasteiger partial charge is 0.490 e. The van der Waals surface area contributed by atoms with Gasteiger partial charge in [0.25, 0.3) is 5.78 Å². The molecule has 3 aromatic rings. The Morgan fingerprint density at radius 3 is 2.60 bits per heavy atom. The molecule has 0 atom stereocenters. The van der Waals surface area contributed by atoms with E-state index in [1.165, 1.54) is 9.08 Å². The number of anilines is 1. The molecule has 0 N–H and O–H groups in total. The molecule has 130 valence electrons. The molecule has 0 amide bonds. The Morgan fingerprint density at radius 1 is 1.16 bits per heavy atom. The van der Waals surface area contributed by atoms with Crippen molar-refractivity contribution in [3.8, 4) is 5.75 Å². The van der Waals surface area contributed by atoms with Gasteiger partial charge in [-0.05, 0) is 19.1 Å². The quantitative estimate of drug-likeness (QED) is 0.728. The number of ether oxygens (including phenoxy) is 1. The molecule has 0 spiro atoms. The summed E-state index contributed by atoms with van der Waals surface area (Å²) >= 11 is 0. The number of nitrogens with zero attached hydrogens (tertiary/aromatic N) is 5. The number of para-hydroxylation sites is 1. The lowest BCUT2D eigenvalue weighted by Gasteiger charge is -2.33. The zero-order valence-electron chi connectivity index (χ0n) is 14.4. The third-order valence-electron chi connectivity index (χ3n) is 4.61. The first-order valence-corrected chi connectivity index (χ1v) is 8.51. The first kappa shape index (κ1) is 15.7. The van der Waals surface area contributed by atoms with Crippen LogP contribution in [0.5, 0.6) is 5.75 Å². The minimum Gasteiger partial charge on any atom is -0.490 e. The highest BCUT2D eigenvalue weighted by Crippen LogP contribution is 2.24. The molecule has 1 aliphatic rings. The van der Waals surface area contributed by atoms with Crippen LogP contribution in [0.4, 0.5) is 5.82 Å². The fraction of sp³-hybridized carbons (Fsp3) is 0.389. The standard InChI is InChI=1S/C18H21N5O2/c1-13-12-23-17(20-21(2)18(23)24)19-16(13)22-10-8-15(9-11-22)25-14-6-4-3-5-7-14/h3-7,12,15H,8-11H2,1-2H3. The maximum Gasteiger partial charge on any atom is 0.351 e. The first-order valence-electron chi connectivity index (χ1n) is 8.51. The molecule has 4 rings (SSSR count). The summed E-state index contributed by atoms with van der Waals surface area (Å²) in [4.78, 5) is 18.8. The normalized spacial score (nSPS) is 15.7. The maximum absolute atomic E-state index is 12.0. The highest BCUT2D eigenvalue weighted by molar-refractivity contribution is 5.50. The minimum atomic E-state index is -0.174. The Labute approximate surface area is 145 Å². The summed E-state index contributed by atoms with van der Waals surface area (Å²) < 4.78 is 8.85. The molecule has 1 fully saturated rings. The summed E-state index contributed by atoms with van der Waals surface area (Å²) in [5, 5.41) is 4.18. The molecule has 0 radical (unpaired) electrons. The van der Waals surface area contributed by atoms with E-state index in [0.29, 0.717) is 5.78 Å². The van der Waals surface area contributed by atoms with Crippen LogP contribution in [-0.2, 0) is 7.05 Å². The lowest BCUT2D eigenvalue weighted by atomic mass is 10.1. The van der Waals surface area contributed by atoms with Gasteiger partial charge in [0.1, 0.15) is 17.7 Å². The molecular formula is C18H21N5O2. The van der Waals surface area contributed by atoms with Crippen molar-refractivity contribution in [1.29, 1.82) is 0 Å². The fourth-order valence-corrected chi connectivity index (χ4v) is 3.29. The van der Waals surface area contributed by atoms with E-state index in [9.17, 15) is 4.79 Å². The molecule has 25 heavy (non-hydrogen) atoms. The molecule has 1 saturated heterocycles. The predicted molar refractivity (Wildman–Crippen MR) is 95.3 cm³/mol. The maximum atomic E-state index is 12.0. The predicted octanol–water partition coefficient (Wildman–Crippen LogP) is 1.78. The van der Waals surface area contributed by atoms with Gasteiger partial charge in [0, 0.05) is 44.7 Å². The summed E-state index contributed by atoms with van der Waals surface area (Å²) in [5.41, 5.74) is 0.803. The number of aromatic nitrogens is 4. The van der Waals surface area contributed by atoms with Crippen molar-refractivity contribution in [2.24, 2.45) is 7.05 Å². The average Bonchev–Trinajstić information content (AvgIpc) is 2.90. The monoisotopic (exact) mass is 339 g/mol. The third-order valence-corrected chi connectivity index (χ3v) is 4.61. The zero-order valence-corrected chi connectivity index (χ0v) is 14.4. The Bertz CT molecular complexity index is 939. The van der Waals surface area contributed by atoms with E-state index in [-0.39, 0.29) is 11.8 Å². The van der Waals surface area contributed by atoms with Gasteiger partial charge < -0.3 is 9.64 Å². The van der Waals surface area contributed by atoms with E-state index in [4.69, 9.17) is 4.74 Å². The van der Waals surface area contributed by atoms with Crippen LogP contribution >= 0.6 is 0 Å².